The second-order valence-electron chi connectivity index (χ2n) is 4.88. The Morgan fingerprint density at radius 2 is 2.36 bits per heavy atom. The van der Waals surface area contributed by atoms with E-state index in [1.165, 1.54) is 6.92 Å². The molecule has 0 aromatic heterocycles. The number of nitrogens with one attached hydrogen (secondary N) is 1. The lowest BCUT2D eigenvalue weighted by atomic mass is 10.2. The number of ether oxygens (including phenoxy) is 1. The van der Waals surface area contributed by atoms with Crippen molar-refractivity contribution in [2.75, 3.05) is 31.6 Å². The molecule has 2 rings (SSSR count). The number of rotatable bonds is 4. The minimum atomic E-state index is -0.807. The average Bonchev–Trinajstić information content (AvgIpc) is 2.45. The van der Waals surface area contributed by atoms with Gasteiger partial charge in [-0.3, -0.25) is 14.9 Å². The summed E-state index contributed by atoms with van der Waals surface area (Å²) >= 11 is 5.63. The van der Waals surface area contributed by atoms with Gasteiger partial charge in [0.25, 0.3) is 5.69 Å². The molecule has 1 aliphatic heterocycles. The molecule has 1 aliphatic rings. The molecule has 1 atom stereocenters. The molecular formula is C13H15ClFN3O4. The molecule has 22 heavy (non-hydrogen) atoms. The number of nitro groups is 1. The van der Waals surface area contributed by atoms with Crippen molar-refractivity contribution in [1.29, 1.82) is 0 Å². The summed E-state index contributed by atoms with van der Waals surface area (Å²) in [5.41, 5.74) is -0.679. The molecule has 0 saturated carbocycles. The summed E-state index contributed by atoms with van der Waals surface area (Å²) in [7, 11) is 0. The van der Waals surface area contributed by atoms with Crippen molar-refractivity contribution in [3.8, 4) is 0 Å². The molecule has 1 saturated heterocycles. The summed E-state index contributed by atoms with van der Waals surface area (Å²) in [4.78, 5) is 23.2. The number of nitro benzene ring substituents is 1. The number of morpholine rings is 1. The molecule has 9 heteroatoms. The number of anilines is 1. The smallest absolute Gasteiger partial charge is 0.296 e. The van der Waals surface area contributed by atoms with Gasteiger partial charge in [0.1, 0.15) is 5.69 Å². The monoisotopic (exact) mass is 331 g/mol. The minimum Gasteiger partial charge on any atom is -0.374 e. The van der Waals surface area contributed by atoms with Gasteiger partial charge in [0.2, 0.25) is 5.91 Å². The molecule has 1 N–H and O–H groups in total. The van der Waals surface area contributed by atoms with Crippen LogP contribution in [0.1, 0.15) is 6.92 Å². The third-order valence-corrected chi connectivity index (χ3v) is 3.54. The molecule has 7 nitrogen and oxygen atoms in total. The lowest BCUT2D eigenvalue weighted by Crippen LogP contribution is -2.47. The number of benzene rings is 1. The largest absolute Gasteiger partial charge is 0.374 e. The first-order valence-corrected chi connectivity index (χ1v) is 7.00. The van der Waals surface area contributed by atoms with Crippen molar-refractivity contribution in [3.63, 3.8) is 0 Å². The van der Waals surface area contributed by atoms with Crippen LogP contribution in [0, 0.1) is 15.9 Å². The maximum atomic E-state index is 13.9. The zero-order valence-corrected chi connectivity index (χ0v) is 12.6. The van der Waals surface area contributed by atoms with Gasteiger partial charge in [0, 0.05) is 32.6 Å². The van der Waals surface area contributed by atoms with Gasteiger partial charge in [-0.15, -0.1) is 0 Å². The maximum absolute atomic E-state index is 13.9. The summed E-state index contributed by atoms with van der Waals surface area (Å²) in [5, 5.41) is 13.6. The quantitative estimate of drug-likeness (QED) is 0.674. The van der Waals surface area contributed by atoms with E-state index in [9.17, 15) is 19.3 Å². The van der Waals surface area contributed by atoms with Crippen molar-refractivity contribution in [3.05, 3.63) is 33.1 Å². The van der Waals surface area contributed by atoms with Gasteiger partial charge in [-0.05, 0) is 6.07 Å². The highest BCUT2D eigenvalue weighted by Crippen LogP contribution is 2.31. The Morgan fingerprint density at radius 1 is 1.64 bits per heavy atom. The van der Waals surface area contributed by atoms with E-state index in [1.54, 1.807) is 4.90 Å². The molecule has 0 radical (unpaired) electrons. The van der Waals surface area contributed by atoms with E-state index >= 15 is 0 Å². The molecule has 1 heterocycles. The SMILES string of the molecule is CC(=O)N1CCO[C@@H](CNc2c(F)cc(Cl)cc2[N+](=O)[O-])C1. The van der Waals surface area contributed by atoms with Crippen LogP contribution in [-0.4, -0.2) is 48.1 Å². The number of nitrogens with zero attached hydrogens (tertiary/aromatic N) is 2. The van der Waals surface area contributed by atoms with Crippen molar-refractivity contribution in [2.45, 2.75) is 13.0 Å². The van der Waals surface area contributed by atoms with E-state index in [0.717, 1.165) is 12.1 Å². The third-order valence-electron chi connectivity index (χ3n) is 3.32. The van der Waals surface area contributed by atoms with Crippen LogP contribution in [0.25, 0.3) is 0 Å². The molecule has 0 aliphatic carbocycles. The molecule has 120 valence electrons. The van der Waals surface area contributed by atoms with E-state index in [-0.39, 0.29) is 29.3 Å². The lowest BCUT2D eigenvalue weighted by molar-refractivity contribution is -0.384. The zero-order chi connectivity index (χ0) is 16.3. The summed E-state index contributed by atoms with van der Waals surface area (Å²) in [6.07, 6.45) is -0.368. The Morgan fingerprint density at radius 3 is 3.00 bits per heavy atom. The van der Waals surface area contributed by atoms with Crippen LogP contribution in [0.15, 0.2) is 12.1 Å². The summed E-state index contributed by atoms with van der Waals surface area (Å²) < 4.78 is 19.3. The fourth-order valence-corrected chi connectivity index (χ4v) is 2.42. The van der Waals surface area contributed by atoms with Crippen molar-refractivity contribution in [1.82, 2.24) is 4.90 Å². The van der Waals surface area contributed by atoms with Crippen LogP contribution in [0.5, 0.6) is 0 Å². The van der Waals surface area contributed by atoms with Crippen LogP contribution < -0.4 is 5.32 Å². The fourth-order valence-electron chi connectivity index (χ4n) is 2.22. The predicted octanol–water partition coefficient (Wildman–Crippen LogP) is 2.05. The number of carbonyl (C=O) groups is 1. The standard InChI is InChI=1S/C13H15ClFN3O4/c1-8(19)17-2-3-22-10(7-17)6-16-13-11(15)4-9(14)5-12(13)18(20)21/h4-5,10,16H,2-3,6-7H2,1H3/t10-/m0/s1. The van der Waals surface area contributed by atoms with E-state index in [4.69, 9.17) is 16.3 Å². The number of hydrogen-bond donors (Lipinski definition) is 1. The summed E-state index contributed by atoms with van der Waals surface area (Å²) in [6.45, 7) is 2.83. The minimum absolute atomic E-state index is 0.0496. The van der Waals surface area contributed by atoms with Crippen LogP contribution in [0.3, 0.4) is 0 Å². The van der Waals surface area contributed by atoms with Crippen molar-refractivity contribution < 1.29 is 18.8 Å². The van der Waals surface area contributed by atoms with Gasteiger partial charge in [-0.25, -0.2) is 4.39 Å². The van der Waals surface area contributed by atoms with Gasteiger partial charge < -0.3 is 15.0 Å². The fraction of sp³-hybridized carbons (Fsp3) is 0.462. The number of amides is 1. The Hall–Kier alpha value is -1.93. The predicted molar refractivity (Wildman–Crippen MR) is 78.5 cm³/mol. The molecule has 1 aromatic carbocycles. The van der Waals surface area contributed by atoms with Gasteiger partial charge in [-0.2, -0.15) is 0 Å². The van der Waals surface area contributed by atoms with E-state index in [0.29, 0.717) is 19.7 Å². The number of hydrogen-bond acceptors (Lipinski definition) is 5. The molecule has 1 amide bonds. The van der Waals surface area contributed by atoms with E-state index in [2.05, 4.69) is 5.32 Å². The lowest BCUT2D eigenvalue weighted by Gasteiger charge is -2.32. The second kappa shape index (κ2) is 6.89. The normalized spacial score (nSPS) is 18.1. The van der Waals surface area contributed by atoms with Gasteiger partial charge in [-0.1, -0.05) is 11.6 Å². The van der Waals surface area contributed by atoms with E-state index < -0.39 is 16.4 Å². The van der Waals surface area contributed by atoms with E-state index in [1.807, 2.05) is 0 Å². The topological polar surface area (TPSA) is 84.7 Å². The van der Waals surface area contributed by atoms with Crippen LogP contribution in [0.2, 0.25) is 5.02 Å². The average molecular weight is 332 g/mol. The molecule has 0 unspecified atom stereocenters. The highest BCUT2D eigenvalue weighted by atomic mass is 35.5. The van der Waals surface area contributed by atoms with Crippen molar-refractivity contribution in [2.24, 2.45) is 0 Å². The van der Waals surface area contributed by atoms with Crippen LogP contribution in [0.4, 0.5) is 15.8 Å². The van der Waals surface area contributed by atoms with Crippen LogP contribution in [-0.2, 0) is 9.53 Å². The van der Waals surface area contributed by atoms with Gasteiger partial charge in [0.05, 0.1) is 22.7 Å². The maximum Gasteiger partial charge on any atom is 0.296 e. The first kappa shape index (κ1) is 16.4. The molecular weight excluding hydrogens is 317 g/mol. The highest BCUT2D eigenvalue weighted by molar-refractivity contribution is 6.31. The number of carbonyl (C=O) groups excluding carboxylic acids is 1. The highest BCUT2D eigenvalue weighted by Gasteiger charge is 2.24. The first-order valence-electron chi connectivity index (χ1n) is 6.63. The Balaban J connectivity index is 2.08. The molecule has 0 spiro atoms. The summed E-state index contributed by atoms with van der Waals surface area (Å²) in [5.74, 6) is -0.879. The van der Waals surface area contributed by atoms with Gasteiger partial charge >= 0.3 is 0 Å². The second-order valence-corrected chi connectivity index (χ2v) is 5.31. The van der Waals surface area contributed by atoms with Crippen molar-refractivity contribution >= 4 is 28.9 Å². The van der Waals surface area contributed by atoms with Crippen LogP contribution >= 0.6 is 11.6 Å². The molecule has 1 aromatic rings. The third kappa shape index (κ3) is 3.83. The van der Waals surface area contributed by atoms with Gasteiger partial charge in [0.15, 0.2) is 5.82 Å². The number of halogens is 2. The Labute approximate surface area is 131 Å². The molecule has 0 bridgehead atoms. The summed E-state index contributed by atoms with van der Waals surface area (Å²) in [6, 6.07) is 2.08. The Bertz CT molecular complexity index is 599. The Kier molecular flexibility index (Phi) is 5.15. The molecule has 1 fully saturated rings. The zero-order valence-electron chi connectivity index (χ0n) is 11.8. The first-order chi connectivity index (χ1) is 10.4.